The van der Waals surface area contributed by atoms with Crippen molar-refractivity contribution in [3.63, 3.8) is 0 Å². The molecule has 0 fully saturated rings. The molecule has 0 aliphatic carbocycles. The van der Waals surface area contributed by atoms with E-state index in [0.29, 0.717) is 18.6 Å². The molecule has 6 rings (SSSR count). The smallest absolute Gasteiger partial charge is 0.344 e. The first-order valence-electron chi connectivity index (χ1n) is 18.3. The molecule has 0 saturated heterocycles. The molecule has 1 aliphatic rings. The number of hydrogen-bond donors (Lipinski definition) is 4. The molecule has 0 spiro atoms. The van der Waals surface area contributed by atoms with Gasteiger partial charge in [0, 0.05) is 83.8 Å². The largest absolute Gasteiger partial charge is 0.482 e. The fourth-order valence-corrected chi connectivity index (χ4v) is 9.06. The minimum atomic E-state index is -3.40. The summed E-state index contributed by atoms with van der Waals surface area (Å²) in [6.45, 7) is 5.23. The number of H-pyrrole nitrogens is 4. The summed E-state index contributed by atoms with van der Waals surface area (Å²) in [4.78, 5) is 26.7. The molecule has 298 valence electrons. The molecule has 0 amide bonds. The first-order chi connectivity index (χ1) is 26.7. The Morgan fingerprint density at radius 1 is 0.643 bits per heavy atom. The molecular weight excluding hydrogens is 754 g/mol. The molecule has 1 aliphatic heterocycles. The number of fused-ring (bicyclic) bond motifs is 8. The predicted octanol–water partition coefficient (Wildman–Crippen LogP) is 5.51. The summed E-state index contributed by atoms with van der Waals surface area (Å²) in [7, 11) is -1.30. The van der Waals surface area contributed by atoms with E-state index in [1.807, 2.05) is 106 Å². The number of nitrogens with one attached hydrogen (secondary N) is 4. The Balaban J connectivity index is 1.54. The highest BCUT2D eigenvalue weighted by molar-refractivity contribution is 7.54. The van der Waals surface area contributed by atoms with E-state index in [2.05, 4.69) is 19.9 Å². The van der Waals surface area contributed by atoms with E-state index >= 15 is 0 Å². The average Bonchev–Trinajstić information content (AvgIpc) is 4.02. The van der Waals surface area contributed by atoms with Crippen molar-refractivity contribution in [2.45, 2.75) is 39.2 Å². The fraction of sp³-hybridized carbons (Fsp3) is 0.341. The summed E-state index contributed by atoms with van der Waals surface area (Å²) < 4.78 is 59.3. The highest BCUT2D eigenvalue weighted by Crippen LogP contribution is 2.51. The zero-order valence-electron chi connectivity index (χ0n) is 32.8. The Kier molecular flexibility index (Phi) is 12.6. The summed E-state index contributed by atoms with van der Waals surface area (Å²) in [5.41, 5.74) is 5.50. The maximum absolute atomic E-state index is 13.4. The quantitative estimate of drug-likeness (QED) is 0.0788. The van der Waals surface area contributed by atoms with Gasteiger partial charge in [0.2, 0.25) is 0 Å². The Morgan fingerprint density at radius 2 is 1.18 bits per heavy atom. The fourth-order valence-electron chi connectivity index (χ4n) is 6.77. The molecule has 0 unspecified atom stereocenters. The van der Waals surface area contributed by atoms with Gasteiger partial charge in [0.05, 0.1) is 12.3 Å². The number of carbonyl (C=O) groups is 1. The molecule has 1 aromatic carbocycles. The zero-order valence-corrected chi connectivity index (χ0v) is 34.6. The van der Waals surface area contributed by atoms with Gasteiger partial charge in [-0.1, -0.05) is 12.1 Å². The molecule has 15 heteroatoms. The second kappa shape index (κ2) is 17.3. The van der Waals surface area contributed by atoms with E-state index in [-0.39, 0.29) is 24.8 Å². The molecule has 4 N–H and O–H groups in total. The number of aromatic nitrogens is 4. The van der Waals surface area contributed by atoms with Gasteiger partial charge in [-0.25, -0.2) is 4.79 Å². The van der Waals surface area contributed by atoms with Gasteiger partial charge in [0.15, 0.2) is 6.61 Å². The Morgan fingerprint density at radius 3 is 1.73 bits per heavy atom. The van der Waals surface area contributed by atoms with Gasteiger partial charge < -0.3 is 47.5 Å². The van der Waals surface area contributed by atoms with Crippen molar-refractivity contribution in [2.75, 3.05) is 47.4 Å². The molecular formula is C41H50N4O9P2. The van der Waals surface area contributed by atoms with E-state index in [0.717, 1.165) is 60.9 Å². The molecule has 0 radical (unpaired) electrons. The van der Waals surface area contributed by atoms with Gasteiger partial charge in [-0.05, 0) is 118 Å². The van der Waals surface area contributed by atoms with Crippen molar-refractivity contribution < 1.29 is 41.5 Å². The van der Waals surface area contributed by atoms with Crippen molar-refractivity contribution in [1.29, 1.82) is 0 Å². The van der Waals surface area contributed by atoms with Crippen LogP contribution in [-0.4, -0.2) is 78.9 Å². The van der Waals surface area contributed by atoms with Crippen LogP contribution in [0.3, 0.4) is 0 Å². The topological polar surface area (TPSA) is 170 Å². The van der Waals surface area contributed by atoms with Crippen LogP contribution in [0.15, 0.2) is 72.8 Å². The number of hydrogen-bond acceptors (Lipinski definition) is 9. The van der Waals surface area contributed by atoms with Gasteiger partial charge >= 0.3 is 21.2 Å². The van der Waals surface area contributed by atoms with Crippen LogP contribution in [0.5, 0.6) is 5.75 Å². The second-order valence-electron chi connectivity index (χ2n) is 14.5. The monoisotopic (exact) mass is 804 g/mol. The summed E-state index contributed by atoms with van der Waals surface area (Å²) in [5, 5.41) is 3.45. The third kappa shape index (κ3) is 10.0. The Hall–Kier alpha value is -4.61. The minimum absolute atomic E-state index is 0.123. The third-order valence-electron chi connectivity index (χ3n) is 9.52. The van der Waals surface area contributed by atoms with Gasteiger partial charge in [0.1, 0.15) is 11.4 Å². The average molecular weight is 805 g/mol. The lowest BCUT2D eigenvalue weighted by Gasteiger charge is -2.23. The number of rotatable bonds is 15. The lowest BCUT2D eigenvalue weighted by atomic mass is 9.91. The van der Waals surface area contributed by atoms with Gasteiger partial charge in [-0.2, -0.15) is 0 Å². The lowest BCUT2D eigenvalue weighted by molar-refractivity contribution is -0.157. The molecule has 0 saturated carbocycles. The van der Waals surface area contributed by atoms with Crippen molar-refractivity contribution >= 4 is 44.5 Å². The highest BCUT2D eigenvalue weighted by atomic mass is 31.2. The van der Waals surface area contributed by atoms with Crippen LogP contribution in [0.25, 0.3) is 23.3 Å². The summed E-state index contributed by atoms with van der Waals surface area (Å²) in [6.07, 6.45) is 5.08. The van der Waals surface area contributed by atoms with Crippen molar-refractivity contribution in [3.8, 4) is 5.75 Å². The van der Waals surface area contributed by atoms with Crippen LogP contribution in [0.2, 0.25) is 0 Å². The molecule has 0 atom stereocenters. The van der Waals surface area contributed by atoms with Crippen molar-refractivity contribution in [2.24, 2.45) is 5.92 Å². The summed E-state index contributed by atoms with van der Waals surface area (Å²) in [6, 6.07) is 23.7. The number of esters is 1. The highest BCUT2D eigenvalue weighted by Gasteiger charge is 2.30. The van der Waals surface area contributed by atoms with E-state index in [4.69, 9.17) is 27.6 Å². The SMILES string of the molecule is COP(=O)(CCC(CCP(=O)(OC)OC)C1=c2ccc([nH]2)=C(c2ccc(OCC(=O)OC(C)(C)C)cc2)c2ccc([nH]2)C=c2ccc([nH]2)=Cc2ccc1[nH]2)OC. The Bertz CT molecular complexity index is 2460. The summed E-state index contributed by atoms with van der Waals surface area (Å²) >= 11 is 0. The zero-order chi connectivity index (χ0) is 40.1. The van der Waals surface area contributed by atoms with Crippen LogP contribution in [-0.2, 0) is 36.8 Å². The third-order valence-corrected chi connectivity index (χ3v) is 13.4. The maximum atomic E-state index is 13.4. The van der Waals surface area contributed by atoms with Crippen molar-refractivity contribution in [1.82, 2.24) is 19.9 Å². The lowest BCUT2D eigenvalue weighted by Crippen LogP contribution is -2.27. The van der Waals surface area contributed by atoms with E-state index in [1.54, 1.807) is 0 Å². The number of carbonyl (C=O) groups excluding carboxylic acids is 1. The van der Waals surface area contributed by atoms with Crippen LogP contribution in [0.1, 0.15) is 62.0 Å². The van der Waals surface area contributed by atoms with Crippen LogP contribution in [0.4, 0.5) is 0 Å². The molecule has 4 aromatic heterocycles. The van der Waals surface area contributed by atoms with E-state index in [9.17, 15) is 13.9 Å². The first-order valence-corrected chi connectivity index (χ1v) is 21.7. The molecule has 56 heavy (non-hydrogen) atoms. The standard InChI is InChI=1S/C41H50N4O9P2/c1-41(2,3)54-38(46)26-53-33-14-8-27(9-15-33)39-34-16-12-31(43-34)24-29-10-11-30(42-29)25-32-13-17-35(44-32)40(37-19-18-36(39)45-37)28(20-22-55(47,49-4)50-5)21-23-56(48,51-6)52-7/h8-19,24-25,28,42-45H,20-23,26H2,1-7H3. The Labute approximate surface area is 325 Å². The second-order valence-corrected chi connectivity index (χ2v) is 19.3. The maximum Gasteiger partial charge on any atom is 0.344 e. The van der Waals surface area contributed by atoms with Gasteiger partial charge in [0.25, 0.3) is 0 Å². The first kappa shape index (κ1) is 41.0. The molecule has 5 heterocycles. The van der Waals surface area contributed by atoms with Crippen LogP contribution >= 0.6 is 15.2 Å². The number of ether oxygens (including phenoxy) is 2. The molecule has 8 bridgehead atoms. The van der Waals surface area contributed by atoms with Crippen LogP contribution < -0.4 is 26.1 Å². The summed E-state index contributed by atoms with van der Waals surface area (Å²) in [5.74, 6) is -0.234. The predicted molar refractivity (Wildman–Crippen MR) is 216 cm³/mol. The van der Waals surface area contributed by atoms with E-state index in [1.165, 1.54) is 28.4 Å². The number of benzene rings is 1. The minimum Gasteiger partial charge on any atom is -0.482 e. The van der Waals surface area contributed by atoms with Crippen molar-refractivity contribution in [3.05, 3.63) is 123 Å². The number of aromatic amines is 4. The normalized spacial score (nSPS) is 13.4. The van der Waals surface area contributed by atoms with Gasteiger partial charge in [-0.3, -0.25) is 9.13 Å². The molecule has 13 nitrogen and oxygen atoms in total. The molecule has 5 aromatic rings. The van der Waals surface area contributed by atoms with Gasteiger partial charge in [-0.15, -0.1) is 0 Å². The van der Waals surface area contributed by atoms with Crippen LogP contribution in [0, 0.1) is 5.92 Å². The van der Waals surface area contributed by atoms with E-state index < -0.39 is 26.8 Å².